The summed E-state index contributed by atoms with van der Waals surface area (Å²) in [7, 11) is 0. The summed E-state index contributed by atoms with van der Waals surface area (Å²) in [5, 5.41) is 12.5. The first kappa shape index (κ1) is 17.3. The molecule has 2 aromatic carbocycles. The summed E-state index contributed by atoms with van der Waals surface area (Å²) in [6.45, 7) is 1.72. The number of aliphatic hydroxyl groups is 1. The van der Waals surface area contributed by atoms with E-state index in [9.17, 15) is 5.11 Å². The molecule has 2 aromatic rings. The first-order valence-corrected chi connectivity index (χ1v) is 9.35. The molecule has 5 nitrogen and oxygen atoms in total. The fourth-order valence-corrected chi connectivity index (χ4v) is 3.77. The molecule has 0 bridgehead atoms. The van der Waals surface area contributed by atoms with Crippen molar-refractivity contribution in [3.8, 4) is 11.5 Å². The molecule has 0 unspecified atom stereocenters. The molecule has 1 heterocycles. The maximum atomic E-state index is 10.3. The molecule has 0 fully saturated rings. The number of aliphatic hydroxyl groups excluding tert-OH is 1. The van der Waals surface area contributed by atoms with Gasteiger partial charge >= 0.3 is 0 Å². The Labute approximate surface area is 153 Å². The van der Waals surface area contributed by atoms with Crippen molar-refractivity contribution >= 4 is 0 Å². The van der Waals surface area contributed by atoms with Crippen LogP contribution in [0, 0.1) is 0 Å². The van der Waals surface area contributed by atoms with Crippen molar-refractivity contribution in [1.29, 1.82) is 0 Å². The van der Waals surface area contributed by atoms with Crippen molar-refractivity contribution in [2.24, 2.45) is 0 Å². The molecule has 138 valence electrons. The normalized spacial score (nSPS) is 19.2. The molecule has 4 rings (SSSR count). The van der Waals surface area contributed by atoms with Gasteiger partial charge in [-0.2, -0.15) is 0 Å². The van der Waals surface area contributed by atoms with Gasteiger partial charge in [0, 0.05) is 12.0 Å². The van der Waals surface area contributed by atoms with E-state index in [1.807, 2.05) is 18.2 Å². The summed E-state index contributed by atoms with van der Waals surface area (Å²) in [5.41, 5.74) is 3.90. The van der Waals surface area contributed by atoms with Crippen LogP contribution in [0.2, 0.25) is 0 Å². The predicted molar refractivity (Wildman–Crippen MR) is 97.1 cm³/mol. The minimum absolute atomic E-state index is 0.276. The Morgan fingerprint density at radius 3 is 3.00 bits per heavy atom. The van der Waals surface area contributed by atoms with E-state index in [0.29, 0.717) is 25.8 Å². The number of hydrogen-bond acceptors (Lipinski definition) is 4. The maximum absolute atomic E-state index is 10.3. The minimum Gasteiger partial charge on any atom is -0.454 e. The van der Waals surface area contributed by atoms with Gasteiger partial charge in [-0.1, -0.05) is 30.3 Å². The molecule has 0 saturated heterocycles. The summed E-state index contributed by atoms with van der Waals surface area (Å²) in [6.07, 6.45) is 3.08. The Kier molecular flexibility index (Phi) is 5.39. The van der Waals surface area contributed by atoms with E-state index >= 15 is 0 Å². The van der Waals surface area contributed by atoms with Gasteiger partial charge in [0.1, 0.15) is 18.7 Å². The predicted octanol–water partition coefficient (Wildman–Crippen LogP) is 1.93. The van der Waals surface area contributed by atoms with E-state index < -0.39 is 6.10 Å². The van der Waals surface area contributed by atoms with E-state index in [2.05, 4.69) is 29.6 Å². The number of fused-ring (bicyclic) bond motifs is 2. The number of aryl methyl sites for hydroxylation is 1. The molecule has 1 aliphatic carbocycles. The molecule has 2 atom stereocenters. The van der Waals surface area contributed by atoms with Crippen LogP contribution in [0.3, 0.4) is 0 Å². The van der Waals surface area contributed by atoms with Crippen LogP contribution in [0.1, 0.15) is 35.6 Å². The molecule has 0 spiro atoms. The van der Waals surface area contributed by atoms with Crippen LogP contribution >= 0.6 is 0 Å². The second-order valence-electron chi connectivity index (χ2n) is 7.03. The smallest absolute Gasteiger partial charge is 0.231 e. The largest absolute Gasteiger partial charge is 0.454 e. The van der Waals surface area contributed by atoms with Gasteiger partial charge in [-0.25, -0.2) is 0 Å². The molecule has 2 aliphatic rings. The average Bonchev–Trinajstić information content (AvgIpc) is 3.14. The molecule has 0 amide bonds. The molecule has 1 aliphatic heterocycles. The Morgan fingerprint density at radius 1 is 1.15 bits per heavy atom. The first-order valence-electron chi connectivity index (χ1n) is 9.35. The number of quaternary nitrogens is 1. The second-order valence-corrected chi connectivity index (χ2v) is 7.03. The minimum atomic E-state index is -0.474. The van der Waals surface area contributed by atoms with Gasteiger partial charge in [0.15, 0.2) is 11.5 Å². The number of hydrogen-bond donors (Lipinski definition) is 2. The number of ether oxygens (including phenoxy) is 3. The van der Waals surface area contributed by atoms with Crippen LogP contribution in [0.5, 0.6) is 11.5 Å². The SMILES string of the molecule is O[C@@H](C[NH2+][C@H]1CCCc2ccccc21)COCc1ccc2c(c1)OCO2. The van der Waals surface area contributed by atoms with Crippen LogP contribution < -0.4 is 14.8 Å². The third-order valence-electron chi connectivity index (χ3n) is 5.12. The zero-order chi connectivity index (χ0) is 17.8. The van der Waals surface area contributed by atoms with E-state index in [0.717, 1.165) is 17.1 Å². The van der Waals surface area contributed by atoms with E-state index in [1.54, 1.807) is 0 Å². The molecule has 5 heteroatoms. The monoisotopic (exact) mass is 356 g/mol. The fraction of sp³-hybridized carbons (Fsp3) is 0.429. The molecule has 0 saturated carbocycles. The summed E-state index contributed by atoms with van der Waals surface area (Å²) in [5.74, 6) is 1.53. The van der Waals surface area contributed by atoms with Crippen LogP contribution in [0.15, 0.2) is 42.5 Å². The zero-order valence-electron chi connectivity index (χ0n) is 14.9. The lowest BCUT2D eigenvalue weighted by atomic mass is 9.88. The van der Waals surface area contributed by atoms with Crippen molar-refractivity contribution in [3.05, 3.63) is 59.2 Å². The lowest BCUT2D eigenvalue weighted by Gasteiger charge is -2.24. The van der Waals surface area contributed by atoms with Crippen LogP contribution in [0.25, 0.3) is 0 Å². The van der Waals surface area contributed by atoms with Crippen molar-refractivity contribution in [2.75, 3.05) is 19.9 Å². The second kappa shape index (κ2) is 8.08. The number of benzene rings is 2. The van der Waals surface area contributed by atoms with Gasteiger partial charge in [-0.3, -0.25) is 0 Å². The van der Waals surface area contributed by atoms with Crippen molar-refractivity contribution in [1.82, 2.24) is 0 Å². The standard InChI is InChI=1S/C21H25NO4/c23-17(11-22-19-7-3-5-16-4-1-2-6-18(16)19)13-24-12-15-8-9-20-21(10-15)26-14-25-20/h1-2,4,6,8-10,17,19,22-23H,3,5,7,11-14H2/p+1/t17-,19-/m0/s1. The first-order chi connectivity index (χ1) is 12.8. The van der Waals surface area contributed by atoms with Gasteiger partial charge in [0.2, 0.25) is 6.79 Å². The maximum Gasteiger partial charge on any atom is 0.231 e. The molecule has 0 radical (unpaired) electrons. The summed E-state index contributed by atoms with van der Waals surface area (Å²) in [4.78, 5) is 0. The highest BCUT2D eigenvalue weighted by molar-refractivity contribution is 5.44. The average molecular weight is 356 g/mol. The third kappa shape index (κ3) is 4.01. The quantitative estimate of drug-likeness (QED) is 0.796. The molecular weight excluding hydrogens is 330 g/mol. The Morgan fingerprint density at radius 2 is 2.04 bits per heavy atom. The fourth-order valence-electron chi connectivity index (χ4n) is 3.77. The molecular formula is C21H26NO4+. The summed E-state index contributed by atoms with van der Waals surface area (Å²) >= 11 is 0. The highest BCUT2D eigenvalue weighted by atomic mass is 16.7. The van der Waals surface area contributed by atoms with Crippen molar-refractivity contribution in [3.63, 3.8) is 0 Å². The van der Waals surface area contributed by atoms with Crippen molar-refractivity contribution < 1.29 is 24.6 Å². The highest BCUT2D eigenvalue weighted by Gasteiger charge is 2.23. The Balaban J connectivity index is 1.22. The Hall–Kier alpha value is -2.08. The van der Waals surface area contributed by atoms with Gasteiger partial charge in [0.05, 0.1) is 13.2 Å². The van der Waals surface area contributed by atoms with Crippen LogP contribution in [0.4, 0.5) is 0 Å². The zero-order valence-corrected chi connectivity index (χ0v) is 14.9. The molecule has 26 heavy (non-hydrogen) atoms. The number of nitrogens with two attached hydrogens (primary N) is 1. The van der Waals surface area contributed by atoms with E-state index in [4.69, 9.17) is 14.2 Å². The van der Waals surface area contributed by atoms with E-state index in [-0.39, 0.29) is 6.79 Å². The number of rotatable bonds is 7. The van der Waals surface area contributed by atoms with E-state index in [1.165, 1.54) is 30.4 Å². The lowest BCUT2D eigenvalue weighted by Crippen LogP contribution is -2.87. The van der Waals surface area contributed by atoms with Gasteiger partial charge in [-0.15, -0.1) is 0 Å². The van der Waals surface area contributed by atoms with Gasteiger partial charge in [-0.05, 0) is 36.1 Å². The molecule has 0 aromatic heterocycles. The van der Waals surface area contributed by atoms with Crippen LogP contribution in [-0.4, -0.2) is 31.2 Å². The topological polar surface area (TPSA) is 64.5 Å². The van der Waals surface area contributed by atoms with Gasteiger partial charge in [0.25, 0.3) is 0 Å². The molecule has 3 N–H and O–H groups in total. The highest BCUT2D eigenvalue weighted by Crippen LogP contribution is 2.32. The summed E-state index contributed by atoms with van der Waals surface area (Å²) in [6, 6.07) is 14.9. The summed E-state index contributed by atoms with van der Waals surface area (Å²) < 4.78 is 16.4. The van der Waals surface area contributed by atoms with Gasteiger partial charge < -0.3 is 24.6 Å². The Bertz CT molecular complexity index is 749. The van der Waals surface area contributed by atoms with Crippen LogP contribution in [-0.2, 0) is 17.8 Å². The third-order valence-corrected chi connectivity index (χ3v) is 5.12. The lowest BCUT2D eigenvalue weighted by molar-refractivity contribution is -0.703. The van der Waals surface area contributed by atoms with Crippen molar-refractivity contribution in [2.45, 2.75) is 38.0 Å².